The highest BCUT2D eigenvalue weighted by atomic mass is 32.2. The van der Waals surface area contributed by atoms with E-state index in [4.69, 9.17) is 0 Å². The van der Waals surface area contributed by atoms with Crippen LogP contribution in [0.1, 0.15) is 18.4 Å². The summed E-state index contributed by atoms with van der Waals surface area (Å²) >= 11 is 0. The van der Waals surface area contributed by atoms with Gasteiger partial charge in [-0.2, -0.15) is 17.5 Å². The molecule has 29 heavy (non-hydrogen) atoms. The molecule has 1 saturated heterocycles. The van der Waals surface area contributed by atoms with Gasteiger partial charge in [-0.1, -0.05) is 36.4 Å². The average Bonchev–Trinajstić information content (AvgIpc) is 2.70. The van der Waals surface area contributed by atoms with Crippen molar-refractivity contribution in [3.63, 3.8) is 0 Å². The molecule has 2 aromatic rings. The van der Waals surface area contributed by atoms with Crippen molar-refractivity contribution in [1.29, 1.82) is 0 Å². The second-order valence-electron chi connectivity index (χ2n) is 6.88. The van der Waals surface area contributed by atoms with Crippen LogP contribution in [0.5, 0.6) is 0 Å². The molecule has 0 bridgehead atoms. The SMILES string of the molecule is CN=C(NCc1ccc2ccccc2c1)NC1CCN(S(=O)(=O)C(F)(F)F)CC1. The Morgan fingerprint density at radius 1 is 1.14 bits per heavy atom. The minimum atomic E-state index is -5.26. The molecule has 10 heteroatoms. The Kier molecular flexibility index (Phi) is 6.33. The number of nitrogens with one attached hydrogen (secondary N) is 2. The van der Waals surface area contributed by atoms with E-state index in [0.717, 1.165) is 16.3 Å². The summed E-state index contributed by atoms with van der Waals surface area (Å²) in [4.78, 5) is 4.15. The van der Waals surface area contributed by atoms with Gasteiger partial charge in [0.05, 0.1) is 0 Å². The topological polar surface area (TPSA) is 73.8 Å². The number of halogens is 3. The molecule has 1 aliphatic heterocycles. The number of hydrogen-bond acceptors (Lipinski definition) is 3. The second kappa shape index (κ2) is 8.58. The standard InChI is InChI=1S/C19H23F3N4O2S/c1-23-18(24-13-14-6-7-15-4-2-3-5-16(15)12-14)25-17-8-10-26(11-9-17)29(27,28)19(20,21)22/h2-7,12,17H,8-11,13H2,1H3,(H2,23,24,25). The molecule has 1 fully saturated rings. The fraction of sp³-hybridized carbons (Fsp3) is 0.421. The quantitative estimate of drug-likeness (QED) is 0.580. The zero-order valence-corrected chi connectivity index (χ0v) is 16.7. The number of alkyl halides is 3. The molecule has 0 saturated carbocycles. The predicted octanol–water partition coefficient (Wildman–Crippen LogP) is 2.82. The lowest BCUT2D eigenvalue weighted by Crippen LogP contribution is -2.51. The number of benzene rings is 2. The van der Waals surface area contributed by atoms with Gasteiger partial charge < -0.3 is 10.6 Å². The summed E-state index contributed by atoms with van der Waals surface area (Å²) in [7, 11) is -3.65. The fourth-order valence-corrected chi connectivity index (χ4v) is 4.29. The first kappa shape index (κ1) is 21.4. The van der Waals surface area contributed by atoms with E-state index in [1.807, 2.05) is 36.4 Å². The van der Waals surface area contributed by atoms with Gasteiger partial charge in [0, 0.05) is 32.7 Å². The van der Waals surface area contributed by atoms with Crippen molar-refractivity contribution >= 4 is 26.8 Å². The minimum absolute atomic E-state index is 0.155. The predicted molar refractivity (Wildman–Crippen MR) is 107 cm³/mol. The number of guanidine groups is 1. The number of aliphatic imine (C=N–C) groups is 1. The highest BCUT2D eigenvalue weighted by molar-refractivity contribution is 7.90. The van der Waals surface area contributed by atoms with Gasteiger partial charge in [-0.3, -0.25) is 4.99 Å². The Morgan fingerprint density at radius 2 is 1.79 bits per heavy atom. The maximum Gasteiger partial charge on any atom is 0.511 e. The van der Waals surface area contributed by atoms with Crippen LogP contribution in [-0.4, -0.2) is 50.4 Å². The summed E-state index contributed by atoms with van der Waals surface area (Å²) in [5.41, 5.74) is -4.19. The van der Waals surface area contributed by atoms with Gasteiger partial charge in [-0.05, 0) is 35.2 Å². The molecule has 0 unspecified atom stereocenters. The molecule has 2 aromatic carbocycles. The summed E-state index contributed by atoms with van der Waals surface area (Å²) in [5.74, 6) is 0.523. The monoisotopic (exact) mass is 428 g/mol. The molecule has 2 N–H and O–H groups in total. The molecule has 6 nitrogen and oxygen atoms in total. The number of hydrogen-bond donors (Lipinski definition) is 2. The lowest BCUT2D eigenvalue weighted by atomic mass is 10.1. The molecule has 0 aromatic heterocycles. The van der Waals surface area contributed by atoms with Crippen LogP contribution in [-0.2, 0) is 16.6 Å². The highest BCUT2D eigenvalue weighted by Crippen LogP contribution is 2.28. The van der Waals surface area contributed by atoms with Crippen molar-refractivity contribution in [2.24, 2.45) is 4.99 Å². The molecule has 0 amide bonds. The molecule has 0 radical (unpaired) electrons. The van der Waals surface area contributed by atoms with E-state index in [-0.39, 0.29) is 32.0 Å². The summed E-state index contributed by atoms with van der Waals surface area (Å²) in [6.45, 7) is 0.175. The molecule has 1 aliphatic rings. The number of rotatable bonds is 4. The maximum atomic E-state index is 12.7. The van der Waals surface area contributed by atoms with Crippen molar-refractivity contribution in [3.8, 4) is 0 Å². The van der Waals surface area contributed by atoms with Crippen LogP contribution in [0.4, 0.5) is 13.2 Å². The fourth-order valence-electron chi connectivity index (χ4n) is 3.31. The zero-order valence-electron chi connectivity index (χ0n) is 15.9. The Bertz CT molecular complexity index is 984. The van der Waals surface area contributed by atoms with Crippen LogP contribution in [0.2, 0.25) is 0 Å². The van der Waals surface area contributed by atoms with E-state index in [1.54, 1.807) is 7.05 Å². The lowest BCUT2D eigenvalue weighted by Gasteiger charge is -2.32. The normalized spacial score (nSPS) is 17.4. The van der Waals surface area contributed by atoms with E-state index in [0.29, 0.717) is 16.8 Å². The Balaban J connectivity index is 1.53. The molecular formula is C19H23F3N4O2S. The maximum absolute atomic E-state index is 12.7. The van der Waals surface area contributed by atoms with Crippen molar-refractivity contribution in [1.82, 2.24) is 14.9 Å². The smallest absolute Gasteiger partial charge is 0.354 e. The van der Waals surface area contributed by atoms with Gasteiger partial charge >= 0.3 is 15.5 Å². The summed E-state index contributed by atoms with van der Waals surface area (Å²) in [6, 6.07) is 14.0. The molecule has 1 heterocycles. The molecular weight excluding hydrogens is 405 g/mol. The van der Waals surface area contributed by atoms with E-state index in [2.05, 4.69) is 21.7 Å². The molecule has 0 aliphatic carbocycles. The number of sulfonamides is 1. The van der Waals surface area contributed by atoms with Gasteiger partial charge in [0.15, 0.2) is 5.96 Å². The van der Waals surface area contributed by atoms with Crippen LogP contribution >= 0.6 is 0 Å². The molecule has 0 atom stereocenters. The summed E-state index contributed by atoms with van der Waals surface area (Å²) in [5, 5.41) is 8.63. The first-order chi connectivity index (χ1) is 13.7. The van der Waals surface area contributed by atoms with E-state index < -0.39 is 15.5 Å². The number of fused-ring (bicyclic) bond motifs is 1. The van der Waals surface area contributed by atoms with Crippen LogP contribution in [0.25, 0.3) is 10.8 Å². The van der Waals surface area contributed by atoms with Crippen LogP contribution < -0.4 is 10.6 Å². The van der Waals surface area contributed by atoms with Gasteiger partial charge in [0.1, 0.15) is 0 Å². The summed E-state index contributed by atoms with van der Waals surface area (Å²) < 4.78 is 61.5. The Labute approximate surface area is 167 Å². The summed E-state index contributed by atoms with van der Waals surface area (Å²) in [6.07, 6.45) is 0.540. The average molecular weight is 428 g/mol. The van der Waals surface area contributed by atoms with Crippen LogP contribution in [0.15, 0.2) is 47.5 Å². The lowest BCUT2D eigenvalue weighted by molar-refractivity contribution is -0.0494. The number of nitrogens with zero attached hydrogens (tertiary/aromatic N) is 2. The molecule has 158 valence electrons. The van der Waals surface area contributed by atoms with Crippen molar-refractivity contribution in [2.45, 2.75) is 30.9 Å². The third kappa shape index (κ3) is 4.99. The Morgan fingerprint density at radius 3 is 2.41 bits per heavy atom. The van der Waals surface area contributed by atoms with Gasteiger partial charge in [-0.15, -0.1) is 0 Å². The van der Waals surface area contributed by atoms with Crippen LogP contribution in [0.3, 0.4) is 0 Å². The zero-order chi connectivity index (χ0) is 21.1. The van der Waals surface area contributed by atoms with Gasteiger partial charge in [0.2, 0.25) is 0 Å². The van der Waals surface area contributed by atoms with Crippen molar-refractivity contribution in [3.05, 3.63) is 48.0 Å². The first-order valence-corrected chi connectivity index (χ1v) is 10.7. The van der Waals surface area contributed by atoms with Gasteiger partial charge in [-0.25, -0.2) is 8.42 Å². The van der Waals surface area contributed by atoms with Crippen LogP contribution in [0, 0.1) is 0 Å². The van der Waals surface area contributed by atoms with E-state index in [1.165, 1.54) is 0 Å². The Hall–Kier alpha value is -2.33. The molecule has 3 rings (SSSR count). The first-order valence-electron chi connectivity index (χ1n) is 9.22. The van der Waals surface area contributed by atoms with Crippen molar-refractivity contribution < 1.29 is 21.6 Å². The second-order valence-corrected chi connectivity index (χ2v) is 8.81. The van der Waals surface area contributed by atoms with Gasteiger partial charge in [0.25, 0.3) is 0 Å². The van der Waals surface area contributed by atoms with E-state index >= 15 is 0 Å². The molecule has 0 spiro atoms. The minimum Gasteiger partial charge on any atom is -0.354 e. The number of piperidine rings is 1. The third-order valence-corrected chi connectivity index (χ3v) is 6.55. The van der Waals surface area contributed by atoms with E-state index in [9.17, 15) is 21.6 Å². The largest absolute Gasteiger partial charge is 0.511 e. The van der Waals surface area contributed by atoms with Crippen molar-refractivity contribution in [2.75, 3.05) is 20.1 Å². The third-order valence-electron chi connectivity index (χ3n) is 4.92. The highest BCUT2D eigenvalue weighted by Gasteiger charge is 2.50.